The van der Waals surface area contributed by atoms with E-state index in [4.69, 9.17) is 11.0 Å². The van der Waals surface area contributed by atoms with Gasteiger partial charge >= 0.3 is 0 Å². The highest BCUT2D eigenvalue weighted by atomic mass is 16.1. The third-order valence-electron chi connectivity index (χ3n) is 4.14. The minimum Gasteiger partial charge on any atom is -0.397 e. The van der Waals surface area contributed by atoms with Crippen LogP contribution in [0.15, 0.2) is 18.2 Å². The van der Waals surface area contributed by atoms with E-state index in [0.717, 1.165) is 31.6 Å². The minimum atomic E-state index is 0.568. The lowest BCUT2D eigenvalue weighted by Crippen LogP contribution is -2.29. The van der Waals surface area contributed by atoms with Gasteiger partial charge in [0, 0.05) is 13.1 Å². The molecule has 5 heteroatoms. The van der Waals surface area contributed by atoms with Crippen molar-refractivity contribution in [1.29, 1.82) is 5.26 Å². The molecule has 1 aromatic carbocycles. The Balaban J connectivity index is 1.87. The summed E-state index contributed by atoms with van der Waals surface area (Å²) in [7, 11) is 0. The summed E-state index contributed by atoms with van der Waals surface area (Å²) >= 11 is 0. The molecular formula is C16H22N4O. The van der Waals surface area contributed by atoms with Gasteiger partial charge in [-0.05, 0) is 49.3 Å². The highest BCUT2D eigenvalue weighted by molar-refractivity contribution is 5.68. The van der Waals surface area contributed by atoms with Crippen LogP contribution in [0.1, 0.15) is 31.2 Å². The molecular weight excluding hydrogens is 264 g/mol. The summed E-state index contributed by atoms with van der Waals surface area (Å²) in [6.45, 7) is 1.63. The number of hydrogen-bond donors (Lipinski definition) is 3. The number of nitrogens with zero attached hydrogens (tertiary/aromatic N) is 1. The maximum Gasteiger partial charge on any atom is 0.207 e. The number of rotatable bonds is 6. The van der Waals surface area contributed by atoms with Crippen molar-refractivity contribution < 1.29 is 4.79 Å². The normalized spacial score (nSPS) is 21.3. The van der Waals surface area contributed by atoms with Crippen molar-refractivity contribution in [2.24, 2.45) is 11.8 Å². The first-order chi connectivity index (χ1) is 10.2. The van der Waals surface area contributed by atoms with E-state index in [1.54, 1.807) is 18.2 Å². The molecule has 4 N–H and O–H groups in total. The zero-order chi connectivity index (χ0) is 15.1. The molecule has 5 nitrogen and oxygen atoms in total. The Kier molecular flexibility index (Phi) is 5.44. The first kappa shape index (κ1) is 15.2. The number of amides is 1. The third kappa shape index (κ3) is 4.38. The number of nitrogens with one attached hydrogen (secondary N) is 2. The van der Waals surface area contributed by atoms with Crippen molar-refractivity contribution in [3.8, 4) is 6.07 Å². The number of nitrogens with two attached hydrogens (primary N) is 1. The minimum absolute atomic E-state index is 0.568. The standard InChI is InChI=1S/C16H22N4O/c17-8-12-4-5-15(18)16(7-12)20-10-14-3-1-2-13(6-14)9-19-11-21/h4-5,7,11,13-14,20H,1-3,6,9-10,18H2,(H,19,21)/t13-,14+/m1/s1. The van der Waals surface area contributed by atoms with Gasteiger partial charge in [0.25, 0.3) is 0 Å². The average molecular weight is 286 g/mol. The number of carbonyl (C=O) groups excluding carboxylic acids is 1. The van der Waals surface area contributed by atoms with Crippen LogP contribution in [0.2, 0.25) is 0 Å². The summed E-state index contributed by atoms with van der Waals surface area (Å²) < 4.78 is 0. The molecule has 0 spiro atoms. The molecule has 0 heterocycles. The molecule has 1 saturated carbocycles. The Morgan fingerprint density at radius 2 is 2.10 bits per heavy atom. The average Bonchev–Trinajstić information content (AvgIpc) is 2.52. The Bertz CT molecular complexity index is 523. The highest BCUT2D eigenvalue weighted by Gasteiger charge is 2.21. The number of anilines is 2. The van der Waals surface area contributed by atoms with E-state index in [9.17, 15) is 4.79 Å². The van der Waals surface area contributed by atoms with Crippen LogP contribution in [0.4, 0.5) is 11.4 Å². The SMILES string of the molecule is N#Cc1ccc(N)c(NC[C@H]2CCC[C@@H](CNC=O)C2)c1. The van der Waals surface area contributed by atoms with E-state index >= 15 is 0 Å². The second-order valence-corrected chi connectivity index (χ2v) is 5.72. The fourth-order valence-electron chi connectivity index (χ4n) is 3.02. The van der Waals surface area contributed by atoms with Crippen molar-refractivity contribution in [3.05, 3.63) is 23.8 Å². The lowest BCUT2D eigenvalue weighted by atomic mass is 9.81. The number of carbonyl (C=O) groups is 1. The van der Waals surface area contributed by atoms with Crippen LogP contribution in [0.25, 0.3) is 0 Å². The van der Waals surface area contributed by atoms with E-state index in [1.165, 1.54) is 19.3 Å². The van der Waals surface area contributed by atoms with Gasteiger partial charge in [-0.2, -0.15) is 5.26 Å². The van der Waals surface area contributed by atoms with Crippen molar-refractivity contribution in [2.75, 3.05) is 24.1 Å². The van der Waals surface area contributed by atoms with Crippen LogP contribution < -0.4 is 16.4 Å². The smallest absolute Gasteiger partial charge is 0.207 e. The first-order valence-electron chi connectivity index (χ1n) is 7.43. The van der Waals surface area contributed by atoms with Gasteiger partial charge in [-0.25, -0.2) is 0 Å². The quantitative estimate of drug-likeness (QED) is 0.551. The zero-order valence-electron chi connectivity index (χ0n) is 12.1. The summed E-state index contributed by atoms with van der Waals surface area (Å²) in [5.74, 6) is 1.15. The van der Waals surface area contributed by atoms with Crippen LogP contribution >= 0.6 is 0 Å². The summed E-state index contributed by atoms with van der Waals surface area (Å²) in [5.41, 5.74) is 8.05. The Labute approximate surface area is 125 Å². The van der Waals surface area contributed by atoms with Crippen LogP contribution in [-0.2, 0) is 4.79 Å². The van der Waals surface area contributed by atoms with Gasteiger partial charge in [0.1, 0.15) is 0 Å². The van der Waals surface area contributed by atoms with Crippen LogP contribution in [0.3, 0.4) is 0 Å². The van der Waals surface area contributed by atoms with E-state index < -0.39 is 0 Å². The maximum atomic E-state index is 10.4. The lowest BCUT2D eigenvalue weighted by molar-refractivity contribution is -0.109. The van der Waals surface area contributed by atoms with Crippen LogP contribution in [-0.4, -0.2) is 19.5 Å². The van der Waals surface area contributed by atoms with Crippen LogP contribution in [0, 0.1) is 23.2 Å². The summed E-state index contributed by atoms with van der Waals surface area (Å²) in [5, 5.41) is 15.1. The number of benzene rings is 1. The third-order valence-corrected chi connectivity index (χ3v) is 4.14. The van der Waals surface area contributed by atoms with Gasteiger partial charge < -0.3 is 16.4 Å². The van der Waals surface area contributed by atoms with Crippen LogP contribution in [0.5, 0.6) is 0 Å². The lowest BCUT2D eigenvalue weighted by Gasteiger charge is -2.29. The fraction of sp³-hybridized carbons (Fsp3) is 0.500. The van der Waals surface area contributed by atoms with E-state index in [0.29, 0.717) is 23.1 Å². The molecule has 0 aliphatic heterocycles. The molecule has 2 rings (SSSR count). The second kappa shape index (κ2) is 7.53. The molecule has 0 unspecified atom stereocenters. The predicted molar refractivity (Wildman–Crippen MR) is 83.6 cm³/mol. The molecule has 21 heavy (non-hydrogen) atoms. The number of nitrogen functional groups attached to an aromatic ring is 1. The molecule has 1 amide bonds. The Morgan fingerprint density at radius 1 is 1.33 bits per heavy atom. The fourth-order valence-corrected chi connectivity index (χ4v) is 3.02. The topological polar surface area (TPSA) is 90.9 Å². The molecule has 1 aliphatic carbocycles. The van der Waals surface area contributed by atoms with Crippen molar-refractivity contribution in [1.82, 2.24) is 5.32 Å². The summed E-state index contributed by atoms with van der Waals surface area (Å²) in [4.78, 5) is 10.4. The van der Waals surface area contributed by atoms with Crippen molar-refractivity contribution in [3.63, 3.8) is 0 Å². The molecule has 2 atom stereocenters. The molecule has 1 aromatic rings. The zero-order valence-corrected chi connectivity index (χ0v) is 12.1. The predicted octanol–water partition coefficient (Wildman–Crippen LogP) is 2.10. The van der Waals surface area contributed by atoms with Gasteiger partial charge in [-0.3, -0.25) is 4.79 Å². The van der Waals surface area contributed by atoms with Gasteiger partial charge in [0.05, 0.1) is 23.0 Å². The monoisotopic (exact) mass is 286 g/mol. The summed E-state index contributed by atoms with van der Waals surface area (Å²) in [6.07, 6.45) is 5.47. The molecule has 0 radical (unpaired) electrons. The first-order valence-corrected chi connectivity index (χ1v) is 7.43. The largest absolute Gasteiger partial charge is 0.397 e. The maximum absolute atomic E-state index is 10.4. The molecule has 1 aliphatic rings. The number of nitriles is 1. The van der Waals surface area contributed by atoms with Gasteiger partial charge in [-0.15, -0.1) is 0 Å². The molecule has 0 bridgehead atoms. The Hall–Kier alpha value is -2.22. The van der Waals surface area contributed by atoms with Gasteiger partial charge in [-0.1, -0.05) is 6.42 Å². The second-order valence-electron chi connectivity index (χ2n) is 5.72. The highest BCUT2D eigenvalue weighted by Crippen LogP contribution is 2.29. The molecule has 112 valence electrons. The van der Waals surface area contributed by atoms with Gasteiger partial charge in [0.15, 0.2) is 0 Å². The molecule has 0 saturated heterocycles. The van der Waals surface area contributed by atoms with Crippen molar-refractivity contribution in [2.45, 2.75) is 25.7 Å². The summed E-state index contributed by atoms with van der Waals surface area (Å²) in [6, 6.07) is 7.41. The Morgan fingerprint density at radius 3 is 2.81 bits per heavy atom. The van der Waals surface area contributed by atoms with E-state index in [1.807, 2.05) is 0 Å². The molecule has 0 aromatic heterocycles. The van der Waals surface area contributed by atoms with E-state index in [2.05, 4.69) is 16.7 Å². The van der Waals surface area contributed by atoms with E-state index in [-0.39, 0.29) is 0 Å². The number of hydrogen-bond acceptors (Lipinski definition) is 4. The molecule has 1 fully saturated rings. The van der Waals surface area contributed by atoms with Gasteiger partial charge in [0.2, 0.25) is 6.41 Å². The van der Waals surface area contributed by atoms with Crippen molar-refractivity contribution >= 4 is 17.8 Å².